The van der Waals surface area contributed by atoms with E-state index in [0.717, 1.165) is 12.1 Å². The third-order valence-electron chi connectivity index (χ3n) is 3.45. The summed E-state index contributed by atoms with van der Waals surface area (Å²) in [6.45, 7) is 0.00730. The van der Waals surface area contributed by atoms with Crippen LogP contribution in [0, 0.1) is 17.5 Å². The van der Waals surface area contributed by atoms with Gasteiger partial charge in [-0.15, -0.1) is 0 Å². The first kappa shape index (κ1) is 14.4. The molecule has 2 aromatic carbocycles. The lowest BCUT2D eigenvalue weighted by Gasteiger charge is -2.25. The van der Waals surface area contributed by atoms with Crippen molar-refractivity contribution in [2.24, 2.45) is 5.73 Å². The Balaban J connectivity index is 2.15. The molecule has 0 aliphatic carbocycles. The van der Waals surface area contributed by atoms with Gasteiger partial charge in [-0.05, 0) is 12.1 Å². The molecule has 0 saturated heterocycles. The van der Waals surface area contributed by atoms with Crippen LogP contribution in [-0.4, -0.2) is 18.5 Å². The van der Waals surface area contributed by atoms with Crippen LogP contribution >= 0.6 is 0 Å². The van der Waals surface area contributed by atoms with Crippen molar-refractivity contribution in [1.29, 1.82) is 0 Å². The largest absolute Gasteiger partial charge is 0.338 e. The minimum atomic E-state index is -1.54. The van der Waals surface area contributed by atoms with Crippen LogP contribution in [0.3, 0.4) is 0 Å². The SMILES string of the molecule is NC1CN(c2cc(F)c(F)c(F)c2)c2ccccc2NC1=O. The summed E-state index contributed by atoms with van der Waals surface area (Å²) in [5.74, 6) is -4.54. The quantitative estimate of drug-likeness (QED) is 0.796. The maximum absolute atomic E-state index is 13.5. The van der Waals surface area contributed by atoms with E-state index in [1.54, 1.807) is 24.3 Å². The molecule has 7 heteroatoms. The molecule has 3 rings (SSSR count). The van der Waals surface area contributed by atoms with Gasteiger partial charge < -0.3 is 16.0 Å². The predicted octanol–water partition coefficient (Wildman–Crippen LogP) is 2.52. The van der Waals surface area contributed by atoms with Crippen LogP contribution in [0.4, 0.5) is 30.2 Å². The molecule has 1 aliphatic rings. The zero-order valence-corrected chi connectivity index (χ0v) is 11.3. The Labute approximate surface area is 124 Å². The molecule has 4 nitrogen and oxygen atoms in total. The van der Waals surface area contributed by atoms with Gasteiger partial charge in [0.2, 0.25) is 5.91 Å². The standard InChI is InChI=1S/C15H12F3N3O/c16-9-5-8(6-10(17)14(9)18)21-7-11(19)15(22)20-12-3-1-2-4-13(12)21/h1-6,11H,7,19H2,(H,20,22). The molecule has 3 N–H and O–H groups in total. The molecular weight excluding hydrogens is 295 g/mol. The highest BCUT2D eigenvalue weighted by atomic mass is 19.2. The molecule has 2 aromatic rings. The molecule has 0 saturated carbocycles. The number of hydrogen-bond donors (Lipinski definition) is 2. The fraction of sp³-hybridized carbons (Fsp3) is 0.133. The van der Waals surface area contributed by atoms with Crippen molar-refractivity contribution >= 4 is 23.0 Å². The molecule has 1 amide bonds. The minimum Gasteiger partial charge on any atom is -0.338 e. The molecule has 0 bridgehead atoms. The number of carbonyl (C=O) groups is 1. The van der Waals surface area contributed by atoms with Crippen LogP contribution in [0.1, 0.15) is 0 Å². The van der Waals surface area contributed by atoms with Crippen molar-refractivity contribution in [3.63, 3.8) is 0 Å². The number of anilines is 3. The van der Waals surface area contributed by atoms with Gasteiger partial charge >= 0.3 is 0 Å². The summed E-state index contributed by atoms with van der Waals surface area (Å²) in [6.07, 6.45) is 0. The van der Waals surface area contributed by atoms with Crippen molar-refractivity contribution < 1.29 is 18.0 Å². The third kappa shape index (κ3) is 2.39. The number of para-hydroxylation sites is 2. The van der Waals surface area contributed by atoms with Crippen LogP contribution in [0.25, 0.3) is 0 Å². The Morgan fingerprint density at radius 2 is 1.77 bits per heavy atom. The zero-order valence-electron chi connectivity index (χ0n) is 11.3. The van der Waals surface area contributed by atoms with Crippen LogP contribution in [-0.2, 0) is 4.79 Å². The Hall–Kier alpha value is -2.54. The number of fused-ring (bicyclic) bond motifs is 1. The molecule has 0 aromatic heterocycles. The number of rotatable bonds is 1. The first-order chi connectivity index (χ1) is 10.5. The average molecular weight is 307 g/mol. The van der Waals surface area contributed by atoms with Crippen molar-refractivity contribution in [3.05, 3.63) is 53.8 Å². The summed E-state index contributed by atoms with van der Waals surface area (Å²) >= 11 is 0. The number of nitrogens with zero attached hydrogens (tertiary/aromatic N) is 1. The lowest BCUT2D eigenvalue weighted by Crippen LogP contribution is -2.41. The van der Waals surface area contributed by atoms with E-state index in [0.29, 0.717) is 11.4 Å². The number of halogens is 3. The van der Waals surface area contributed by atoms with Gasteiger partial charge in [0, 0.05) is 24.4 Å². The highest BCUT2D eigenvalue weighted by Crippen LogP contribution is 2.35. The number of amides is 1. The normalized spacial score (nSPS) is 17.7. The maximum atomic E-state index is 13.5. The van der Waals surface area contributed by atoms with Crippen LogP contribution in [0.15, 0.2) is 36.4 Å². The molecule has 0 fully saturated rings. The number of nitrogens with one attached hydrogen (secondary N) is 1. The highest BCUT2D eigenvalue weighted by Gasteiger charge is 2.27. The van der Waals surface area contributed by atoms with E-state index in [1.807, 2.05) is 0 Å². The van der Waals surface area contributed by atoms with E-state index in [4.69, 9.17) is 5.73 Å². The van der Waals surface area contributed by atoms with Crippen molar-refractivity contribution in [3.8, 4) is 0 Å². The van der Waals surface area contributed by atoms with Crippen LogP contribution in [0.5, 0.6) is 0 Å². The van der Waals surface area contributed by atoms with E-state index < -0.39 is 29.4 Å². The first-order valence-corrected chi connectivity index (χ1v) is 6.55. The number of nitrogens with two attached hydrogens (primary N) is 1. The van der Waals surface area contributed by atoms with Crippen molar-refractivity contribution in [2.45, 2.75) is 6.04 Å². The zero-order chi connectivity index (χ0) is 15.9. The molecule has 22 heavy (non-hydrogen) atoms. The van der Waals surface area contributed by atoms with Gasteiger partial charge in [-0.1, -0.05) is 12.1 Å². The molecule has 0 spiro atoms. The van der Waals surface area contributed by atoms with Crippen molar-refractivity contribution in [2.75, 3.05) is 16.8 Å². The second kappa shape index (κ2) is 5.34. The fourth-order valence-electron chi connectivity index (χ4n) is 2.36. The number of carbonyl (C=O) groups excluding carboxylic acids is 1. The molecule has 0 radical (unpaired) electrons. The Bertz CT molecular complexity index is 728. The topological polar surface area (TPSA) is 58.4 Å². The number of benzene rings is 2. The van der Waals surface area contributed by atoms with Gasteiger partial charge in [-0.25, -0.2) is 13.2 Å². The maximum Gasteiger partial charge on any atom is 0.243 e. The Morgan fingerprint density at radius 3 is 2.45 bits per heavy atom. The van der Waals surface area contributed by atoms with Gasteiger partial charge in [-0.3, -0.25) is 4.79 Å². The average Bonchev–Trinajstić information content (AvgIpc) is 2.62. The van der Waals surface area contributed by atoms with Gasteiger partial charge in [-0.2, -0.15) is 0 Å². The molecule has 1 unspecified atom stereocenters. The lowest BCUT2D eigenvalue weighted by atomic mass is 10.2. The van der Waals surface area contributed by atoms with Gasteiger partial charge in [0.25, 0.3) is 0 Å². The monoisotopic (exact) mass is 307 g/mol. The summed E-state index contributed by atoms with van der Waals surface area (Å²) in [5.41, 5.74) is 6.84. The lowest BCUT2D eigenvalue weighted by molar-refractivity contribution is -0.117. The van der Waals surface area contributed by atoms with E-state index >= 15 is 0 Å². The van der Waals surface area contributed by atoms with E-state index in [1.165, 1.54) is 4.90 Å². The van der Waals surface area contributed by atoms with Crippen LogP contribution < -0.4 is 16.0 Å². The fourth-order valence-corrected chi connectivity index (χ4v) is 2.36. The third-order valence-corrected chi connectivity index (χ3v) is 3.45. The second-order valence-electron chi connectivity index (χ2n) is 4.95. The second-order valence-corrected chi connectivity index (χ2v) is 4.95. The molecule has 1 atom stereocenters. The van der Waals surface area contributed by atoms with Gasteiger partial charge in [0.15, 0.2) is 17.5 Å². The Kier molecular flexibility index (Phi) is 3.50. The summed E-state index contributed by atoms with van der Waals surface area (Å²) in [7, 11) is 0. The van der Waals surface area contributed by atoms with Crippen molar-refractivity contribution in [1.82, 2.24) is 0 Å². The summed E-state index contributed by atoms with van der Waals surface area (Å²) in [5, 5.41) is 2.65. The molecular formula is C15H12F3N3O. The van der Waals surface area contributed by atoms with Gasteiger partial charge in [0.05, 0.1) is 11.4 Å². The van der Waals surface area contributed by atoms with Crippen LogP contribution in [0.2, 0.25) is 0 Å². The Morgan fingerprint density at radius 1 is 1.14 bits per heavy atom. The molecule has 1 heterocycles. The smallest absolute Gasteiger partial charge is 0.243 e. The first-order valence-electron chi connectivity index (χ1n) is 6.55. The summed E-state index contributed by atoms with van der Waals surface area (Å²) in [4.78, 5) is 13.3. The summed E-state index contributed by atoms with van der Waals surface area (Å²) in [6, 6.07) is 7.59. The highest BCUT2D eigenvalue weighted by molar-refractivity contribution is 6.00. The van der Waals surface area contributed by atoms with Gasteiger partial charge in [0.1, 0.15) is 6.04 Å². The van der Waals surface area contributed by atoms with E-state index in [2.05, 4.69) is 5.32 Å². The molecule has 114 valence electrons. The summed E-state index contributed by atoms with van der Waals surface area (Å²) < 4.78 is 40.1. The van der Waals surface area contributed by atoms with E-state index in [9.17, 15) is 18.0 Å². The van der Waals surface area contributed by atoms with E-state index in [-0.39, 0.29) is 12.2 Å². The molecule has 1 aliphatic heterocycles. The predicted molar refractivity (Wildman–Crippen MR) is 76.4 cm³/mol. The number of hydrogen-bond acceptors (Lipinski definition) is 3. The minimum absolute atomic E-state index is 0.00730.